The average molecular weight is 486 g/mol. The highest BCUT2D eigenvalue weighted by molar-refractivity contribution is 7.99. The highest BCUT2D eigenvalue weighted by atomic mass is 32.2. The molecule has 34 heavy (non-hydrogen) atoms. The summed E-state index contributed by atoms with van der Waals surface area (Å²) in [6, 6.07) is 13.2. The van der Waals surface area contributed by atoms with Gasteiger partial charge in [-0.05, 0) is 56.0 Å². The Morgan fingerprint density at radius 3 is 2.50 bits per heavy atom. The Kier molecular flexibility index (Phi) is 9.24. The number of halogens is 1. The number of thioether (sulfide) groups is 1. The lowest BCUT2D eigenvalue weighted by molar-refractivity contribution is -0.119. The Morgan fingerprint density at radius 2 is 1.82 bits per heavy atom. The van der Waals surface area contributed by atoms with Gasteiger partial charge in [-0.2, -0.15) is 0 Å². The minimum atomic E-state index is -0.313. The van der Waals surface area contributed by atoms with Crippen LogP contribution in [0.3, 0.4) is 0 Å². The van der Waals surface area contributed by atoms with E-state index in [2.05, 4.69) is 10.3 Å². The van der Waals surface area contributed by atoms with E-state index in [1.807, 2.05) is 39.8 Å². The van der Waals surface area contributed by atoms with Gasteiger partial charge in [0.1, 0.15) is 5.82 Å². The third-order valence-electron chi connectivity index (χ3n) is 5.35. The molecule has 0 aliphatic carbocycles. The summed E-state index contributed by atoms with van der Waals surface area (Å²) < 4.78 is 20.6. The molecule has 0 spiro atoms. The lowest BCUT2D eigenvalue weighted by Gasteiger charge is -2.23. The van der Waals surface area contributed by atoms with Crippen LogP contribution in [0.4, 0.5) is 4.39 Å². The number of hydrogen-bond donors (Lipinski definition) is 1. The monoisotopic (exact) mass is 485 g/mol. The van der Waals surface area contributed by atoms with Gasteiger partial charge in [0.05, 0.1) is 28.8 Å². The molecule has 0 aliphatic rings. The highest BCUT2D eigenvalue weighted by Gasteiger charge is 2.20. The van der Waals surface area contributed by atoms with Gasteiger partial charge in [0.25, 0.3) is 5.56 Å². The van der Waals surface area contributed by atoms with Gasteiger partial charge in [0.2, 0.25) is 5.91 Å². The quantitative estimate of drug-likeness (QED) is 0.236. The van der Waals surface area contributed by atoms with Crippen LogP contribution in [0.1, 0.15) is 45.7 Å². The molecule has 1 unspecified atom stereocenters. The number of benzene rings is 2. The van der Waals surface area contributed by atoms with Gasteiger partial charge in [0, 0.05) is 13.2 Å². The SMILES string of the molecule is CC(C)OCCCn1c(SCC(=O)NC(c2ccc(F)cc2)C(C)C)nc2ccccc2c1=O. The number of carbonyl (C=O) groups excluding carboxylic acids is 1. The van der Waals surface area contributed by atoms with E-state index in [9.17, 15) is 14.0 Å². The summed E-state index contributed by atoms with van der Waals surface area (Å²) in [5.41, 5.74) is 1.33. The Balaban J connectivity index is 1.75. The van der Waals surface area contributed by atoms with Crippen LogP contribution in [0.15, 0.2) is 58.5 Å². The lowest BCUT2D eigenvalue weighted by atomic mass is 9.96. The van der Waals surface area contributed by atoms with Crippen molar-refractivity contribution < 1.29 is 13.9 Å². The molecule has 6 nitrogen and oxygen atoms in total. The van der Waals surface area contributed by atoms with Crippen molar-refractivity contribution in [3.05, 3.63) is 70.3 Å². The zero-order valence-electron chi connectivity index (χ0n) is 20.1. The van der Waals surface area contributed by atoms with Crippen LogP contribution in [-0.2, 0) is 16.1 Å². The fraction of sp³-hybridized carbons (Fsp3) is 0.423. The highest BCUT2D eigenvalue weighted by Crippen LogP contribution is 2.23. The standard InChI is InChI=1S/C26H32FN3O3S/c1-17(2)24(19-10-12-20(27)13-11-19)29-23(31)16-34-26-28-22-9-6-5-8-21(22)25(32)30(26)14-7-15-33-18(3)4/h5-6,8-13,17-18,24H,7,14-16H2,1-4H3,(H,29,31). The van der Waals surface area contributed by atoms with Gasteiger partial charge >= 0.3 is 0 Å². The number of rotatable bonds is 11. The first-order chi connectivity index (χ1) is 16.3. The third kappa shape index (κ3) is 6.90. The fourth-order valence-corrected chi connectivity index (χ4v) is 4.48. The zero-order valence-corrected chi connectivity index (χ0v) is 20.9. The van der Waals surface area contributed by atoms with Crippen LogP contribution < -0.4 is 10.9 Å². The molecule has 0 aliphatic heterocycles. The number of amides is 1. The van der Waals surface area contributed by atoms with Crippen molar-refractivity contribution >= 4 is 28.6 Å². The molecule has 1 amide bonds. The number of aromatic nitrogens is 2. The van der Waals surface area contributed by atoms with Gasteiger partial charge in [-0.3, -0.25) is 14.2 Å². The van der Waals surface area contributed by atoms with Crippen molar-refractivity contribution in [3.8, 4) is 0 Å². The van der Waals surface area contributed by atoms with E-state index in [0.29, 0.717) is 35.6 Å². The molecule has 0 saturated carbocycles. The summed E-state index contributed by atoms with van der Waals surface area (Å²) in [6.07, 6.45) is 0.789. The first-order valence-corrected chi connectivity index (χ1v) is 12.5. The smallest absolute Gasteiger partial charge is 0.262 e. The minimum Gasteiger partial charge on any atom is -0.379 e. The Labute approximate surface area is 203 Å². The minimum absolute atomic E-state index is 0.109. The predicted molar refractivity (Wildman–Crippen MR) is 135 cm³/mol. The zero-order chi connectivity index (χ0) is 24.7. The van der Waals surface area contributed by atoms with E-state index in [1.165, 1.54) is 23.9 Å². The van der Waals surface area contributed by atoms with E-state index < -0.39 is 0 Å². The van der Waals surface area contributed by atoms with Crippen molar-refractivity contribution in [1.29, 1.82) is 0 Å². The third-order valence-corrected chi connectivity index (χ3v) is 6.32. The molecule has 2 aromatic carbocycles. The van der Waals surface area contributed by atoms with Crippen molar-refractivity contribution in [3.63, 3.8) is 0 Å². The van der Waals surface area contributed by atoms with E-state index in [-0.39, 0.29) is 41.1 Å². The van der Waals surface area contributed by atoms with E-state index in [0.717, 1.165) is 5.56 Å². The summed E-state index contributed by atoms with van der Waals surface area (Å²) in [5, 5.41) is 4.10. The first kappa shape index (κ1) is 25.9. The second kappa shape index (κ2) is 12.1. The molecule has 1 atom stereocenters. The summed E-state index contributed by atoms with van der Waals surface area (Å²) in [6.45, 7) is 8.94. The number of fused-ring (bicyclic) bond motifs is 1. The van der Waals surface area contributed by atoms with Crippen molar-refractivity contribution in [2.24, 2.45) is 5.92 Å². The van der Waals surface area contributed by atoms with Gasteiger partial charge in [0.15, 0.2) is 5.16 Å². The molecule has 0 fully saturated rings. The molecular weight excluding hydrogens is 453 g/mol. The summed E-state index contributed by atoms with van der Waals surface area (Å²) in [4.78, 5) is 30.6. The average Bonchev–Trinajstić information content (AvgIpc) is 2.80. The number of carbonyl (C=O) groups is 1. The molecule has 0 saturated heterocycles. The predicted octanol–water partition coefficient (Wildman–Crippen LogP) is 4.96. The van der Waals surface area contributed by atoms with Crippen LogP contribution in [-0.4, -0.2) is 33.9 Å². The molecule has 3 aromatic rings. The normalized spacial score (nSPS) is 12.4. The number of nitrogens with zero attached hydrogens (tertiary/aromatic N) is 2. The maximum atomic E-state index is 13.3. The number of ether oxygens (including phenoxy) is 1. The van der Waals surface area contributed by atoms with E-state index >= 15 is 0 Å². The van der Waals surface area contributed by atoms with Crippen LogP contribution in [0, 0.1) is 11.7 Å². The van der Waals surface area contributed by atoms with Crippen LogP contribution in [0.5, 0.6) is 0 Å². The maximum Gasteiger partial charge on any atom is 0.262 e. The second-order valence-electron chi connectivity index (χ2n) is 8.77. The molecule has 8 heteroatoms. The second-order valence-corrected chi connectivity index (χ2v) is 9.71. The molecular formula is C26H32FN3O3S. The van der Waals surface area contributed by atoms with Crippen LogP contribution in [0.25, 0.3) is 10.9 Å². The molecule has 3 rings (SSSR count). The Hall–Kier alpha value is -2.71. The topological polar surface area (TPSA) is 73.2 Å². The van der Waals surface area contributed by atoms with Gasteiger partial charge < -0.3 is 10.1 Å². The van der Waals surface area contributed by atoms with Crippen LogP contribution in [0.2, 0.25) is 0 Å². The summed E-state index contributed by atoms with van der Waals surface area (Å²) >= 11 is 1.24. The van der Waals surface area contributed by atoms with Gasteiger partial charge in [-0.1, -0.05) is 49.9 Å². The maximum absolute atomic E-state index is 13.3. The molecule has 1 heterocycles. The largest absolute Gasteiger partial charge is 0.379 e. The van der Waals surface area contributed by atoms with Crippen molar-refractivity contribution in [1.82, 2.24) is 14.9 Å². The number of para-hydroxylation sites is 1. The first-order valence-electron chi connectivity index (χ1n) is 11.5. The molecule has 0 bridgehead atoms. The fourth-order valence-electron chi connectivity index (χ4n) is 3.65. The molecule has 182 valence electrons. The molecule has 1 N–H and O–H groups in total. The van der Waals surface area contributed by atoms with E-state index in [1.54, 1.807) is 28.8 Å². The number of nitrogens with one attached hydrogen (secondary N) is 1. The van der Waals surface area contributed by atoms with Crippen molar-refractivity contribution in [2.75, 3.05) is 12.4 Å². The van der Waals surface area contributed by atoms with Crippen molar-refractivity contribution in [2.45, 2.75) is 58.0 Å². The Bertz CT molecular complexity index is 1160. The summed E-state index contributed by atoms with van der Waals surface area (Å²) in [7, 11) is 0. The number of hydrogen-bond acceptors (Lipinski definition) is 5. The molecule has 1 aromatic heterocycles. The Morgan fingerprint density at radius 1 is 1.12 bits per heavy atom. The van der Waals surface area contributed by atoms with E-state index in [4.69, 9.17) is 4.74 Å². The van der Waals surface area contributed by atoms with Gasteiger partial charge in [-0.15, -0.1) is 0 Å². The van der Waals surface area contributed by atoms with Gasteiger partial charge in [-0.25, -0.2) is 9.37 Å². The summed E-state index contributed by atoms with van der Waals surface area (Å²) in [5.74, 6) is -0.257. The lowest BCUT2D eigenvalue weighted by Crippen LogP contribution is -2.33. The molecule has 0 radical (unpaired) electrons. The van der Waals surface area contributed by atoms with Crippen LogP contribution >= 0.6 is 11.8 Å².